The number of hydrogen-bond donors (Lipinski definition) is 0. The second-order valence-electron chi connectivity index (χ2n) is 5.36. The minimum atomic E-state index is -0.00984. The topological polar surface area (TPSA) is 64.2 Å². The number of aryl methyl sites for hydroxylation is 3. The van der Waals surface area contributed by atoms with Crippen molar-refractivity contribution in [2.75, 3.05) is 6.54 Å². The van der Waals surface area contributed by atoms with E-state index >= 15 is 0 Å². The molecule has 1 aliphatic heterocycles. The number of nitrogens with zero attached hydrogens (tertiary/aromatic N) is 4. The predicted molar refractivity (Wildman–Crippen MR) is 79.9 cm³/mol. The van der Waals surface area contributed by atoms with Gasteiger partial charge in [-0.3, -0.25) is 9.48 Å². The minimum Gasteiger partial charge on any atom is -0.361 e. The van der Waals surface area contributed by atoms with Gasteiger partial charge in [-0.2, -0.15) is 5.10 Å². The van der Waals surface area contributed by atoms with Crippen molar-refractivity contribution in [3.63, 3.8) is 0 Å². The van der Waals surface area contributed by atoms with Gasteiger partial charge in [-0.05, 0) is 42.6 Å². The lowest BCUT2D eigenvalue weighted by Crippen LogP contribution is -2.32. The van der Waals surface area contributed by atoms with Crippen molar-refractivity contribution in [2.24, 2.45) is 7.05 Å². The largest absolute Gasteiger partial charge is 0.361 e. The molecule has 0 spiro atoms. The number of likely N-dealkylation sites (tertiary alicyclic amines) is 1. The first-order valence-electron chi connectivity index (χ1n) is 6.92. The third-order valence-corrected chi connectivity index (χ3v) is 4.61. The van der Waals surface area contributed by atoms with Crippen LogP contribution in [0.25, 0.3) is 0 Å². The molecule has 7 heteroatoms. The maximum absolute atomic E-state index is 12.9. The summed E-state index contributed by atoms with van der Waals surface area (Å²) in [5.41, 5.74) is 2.48. The number of amides is 1. The highest BCUT2D eigenvalue weighted by Gasteiger charge is 2.35. The molecule has 3 heterocycles. The molecule has 0 saturated carbocycles. The predicted octanol–water partition coefficient (Wildman–Crippen LogP) is 2.76. The van der Waals surface area contributed by atoms with Crippen molar-refractivity contribution in [1.29, 1.82) is 0 Å². The molecule has 1 saturated heterocycles. The molecule has 1 unspecified atom stereocenters. The Balaban J connectivity index is 1.97. The first-order chi connectivity index (χ1) is 10.0. The van der Waals surface area contributed by atoms with Gasteiger partial charge >= 0.3 is 0 Å². The molecule has 3 rings (SSSR count). The monoisotopic (exact) mass is 352 g/mol. The molecule has 1 aliphatic rings. The lowest BCUT2D eigenvalue weighted by atomic mass is 10.0. The SMILES string of the molecule is Cc1noc(C)c1C1CCCN1C(=O)c1c(Br)cnn1C. The molecule has 0 aliphatic carbocycles. The van der Waals surface area contributed by atoms with E-state index in [0.29, 0.717) is 5.69 Å². The normalized spacial score (nSPS) is 18.5. The van der Waals surface area contributed by atoms with Gasteiger partial charge in [0, 0.05) is 19.2 Å². The third kappa shape index (κ3) is 2.29. The van der Waals surface area contributed by atoms with Gasteiger partial charge in [0.15, 0.2) is 0 Å². The van der Waals surface area contributed by atoms with Crippen molar-refractivity contribution in [1.82, 2.24) is 19.8 Å². The van der Waals surface area contributed by atoms with E-state index in [0.717, 1.165) is 40.9 Å². The molecule has 2 aromatic rings. The van der Waals surface area contributed by atoms with Gasteiger partial charge in [-0.15, -0.1) is 0 Å². The molecule has 2 aromatic heterocycles. The van der Waals surface area contributed by atoms with E-state index in [4.69, 9.17) is 4.52 Å². The van der Waals surface area contributed by atoms with Crippen LogP contribution >= 0.6 is 15.9 Å². The summed E-state index contributed by atoms with van der Waals surface area (Å²) in [6.45, 7) is 4.56. The van der Waals surface area contributed by atoms with Gasteiger partial charge in [0.05, 0.1) is 22.4 Å². The maximum Gasteiger partial charge on any atom is 0.273 e. The number of carbonyl (C=O) groups excluding carboxylic acids is 1. The summed E-state index contributed by atoms with van der Waals surface area (Å²) >= 11 is 3.40. The van der Waals surface area contributed by atoms with Crippen molar-refractivity contribution >= 4 is 21.8 Å². The molecule has 6 nitrogen and oxygen atoms in total. The second kappa shape index (κ2) is 5.29. The van der Waals surface area contributed by atoms with Crippen LogP contribution in [0.3, 0.4) is 0 Å². The Morgan fingerprint density at radius 2 is 2.24 bits per heavy atom. The van der Waals surface area contributed by atoms with Crippen LogP contribution in [0.15, 0.2) is 15.2 Å². The minimum absolute atomic E-state index is 0.00984. The smallest absolute Gasteiger partial charge is 0.273 e. The van der Waals surface area contributed by atoms with E-state index in [9.17, 15) is 4.79 Å². The van der Waals surface area contributed by atoms with E-state index in [-0.39, 0.29) is 11.9 Å². The van der Waals surface area contributed by atoms with Crippen LogP contribution < -0.4 is 0 Å². The highest BCUT2D eigenvalue weighted by molar-refractivity contribution is 9.10. The summed E-state index contributed by atoms with van der Waals surface area (Å²) in [6, 6.07) is 0.0329. The molecule has 112 valence electrons. The highest BCUT2D eigenvalue weighted by atomic mass is 79.9. The van der Waals surface area contributed by atoms with E-state index < -0.39 is 0 Å². The molecule has 21 heavy (non-hydrogen) atoms. The van der Waals surface area contributed by atoms with E-state index in [1.807, 2.05) is 18.7 Å². The lowest BCUT2D eigenvalue weighted by Gasteiger charge is -2.25. The van der Waals surface area contributed by atoms with Crippen molar-refractivity contribution in [3.8, 4) is 0 Å². The highest BCUT2D eigenvalue weighted by Crippen LogP contribution is 2.37. The van der Waals surface area contributed by atoms with Crippen molar-refractivity contribution < 1.29 is 9.32 Å². The average molecular weight is 353 g/mol. The number of rotatable bonds is 2. The summed E-state index contributed by atoms with van der Waals surface area (Å²) < 4.78 is 7.59. The zero-order chi connectivity index (χ0) is 15.1. The van der Waals surface area contributed by atoms with Crippen LogP contribution in [0.5, 0.6) is 0 Å². The van der Waals surface area contributed by atoms with Gasteiger partial charge in [0.2, 0.25) is 0 Å². The quantitative estimate of drug-likeness (QED) is 0.833. The Morgan fingerprint density at radius 1 is 1.48 bits per heavy atom. The summed E-state index contributed by atoms with van der Waals surface area (Å²) in [5.74, 6) is 0.783. The Morgan fingerprint density at radius 3 is 2.81 bits per heavy atom. The Kier molecular flexibility index (Phi) is 3.61. The molecule has 1 fully saturated rings. The van der Waals surface area contributed by atoms with Crippen LogP contribution in [-0.4, -0.2) is 32.3 Å². The average Bonchev–Trinajstić information content (AvgIpc) is 3.11. The molecule has 0 radical (unpaired) electrons. The van der Waals surface area contributed by atoms with Gasteiger partial charge in [0.25, 0.3) is 5.91 Å². The maximum atomic E-state index is 12.9. The van der Waals surface area contributed by atoms with Gasteiger partial charge in [0.1, 0.15) is 11.5 Å². The Hall–Kier alpha value is -1.63. The molecule has 1 atom stereocenters. The van der Waals surface area contributed by atoms with E-state index in [2.05, 4.69) is 26.2 Å². The molecule has 0 aromatic carbocycles. The number of aromatic nitrogens is 3. The van der Waals surface area contributed by atoms with Crippen LogP contribution in [0, 0.1) is 13.8 Å². The number of halogens is 1. The van der Waals surface area contributed by atoms with Crippen LogP contribution in [0.2, 0.25) is 0 Å². The standard InChI is InChI=1S/C14H17BrN4O2/c1-8-12(9(2)21-17-8)11-5-4-6-19(11)14(20)13-10(15)7-16-18(13)3/h7,11H,4-6H2,1-3H3. The van der Waals surface area contributed by atoms with Gasteiger partial charge < -0.3 is 9.42 Å². The second-order valence-corrected chi connectivity index (χ2v) is 6.21. The zero-order valence-corrected chi connectivity index (χ0v) is 13.8. The summed E-state index contributed by atoms with van der Waals surface area (Å²) in [5, 5.41) is 8.14. The lowest BCUT2D eigenvalue weighted by molar-refractivity contribution is 0.0722. The van der Waals surface area contributed by atoms with E-state index in [1.54, 1.807) is 17.9 Å². The van der Waals surface area contributed by atoms with Crippen molar-refractivity contribution in [3.05, 3.63) is 33.4 Å². The van der Waals surface area contributed by atoms with Crippen LogP contribution in [0.1, 0.15) is 46.4 Å². The van der Waals surface area contributed by atoms with Crippen LogP contribution in [-0.2, 0) is 7.05 Å². The fourth-order valence-electron chi connectivity index (χ4n) is 3.06. The summed E-state index contributed by atoms with van der Waals surface area (Å²) in [6.07, 6.45) is 3.56. The van der Waals surface area contributed by atoms with Crippen molar-refractivity contribution in [2.45, 2.75) is 32.7 Å². The third-order valence-electron chi connectivity index (χ3n) is 4.03. The summed E-state index contributed by atoms with van der Waals surface area (Å²) in [7, 11) is 1.78. The molecule has 1 amide bonds. The molecule has 0 bridgehead atoms. The molecule has 0 N–H and O–H groups in total. The first kappa shape index (κ1) is 14.3. The Bertz CT molecular complexity index is 652. The van der Waals surface area contributed by atoms with Gasteiger partial charge in [-0.1, -0.05) is 5.16 Å². The fourth-order valence-corrected chi connectivity index (χ4v) is 3.58. The zero-order valence-electron chi connectivity index (χ0n) is 12.3. The molecular weight excluding hydrogens is 336 g/mol. The van der Waals surface area contributed by atoms with E-state index in [1.165, 1.54) is 0 Å². The number of hydrogen-bond acceptors (Lipinski definition) is 4. The van der Waals surface area contributed by atoms with Gasteiger partial charge in [-0.25, -0.2) is 0 Å². The fraction of sp³-hybridized carbons (Fsp3) is 0.500. The molecular formula is C14H17BrN4O2. The summed E-state index contributed by atoms with van der Waals surface area (Å²) in [4.78, 5) is 14.8. The number of carbonyl (C=O) groups is 1. The van der Waals surface area contributed by atoms with Crippen LogP contribution in [0.4, 0.5) is 0 Å². The first-order valence-corrected chi connectivity index (χ1v) is 7.71. The Labute approximate surface area is 131 Å².